The minimum Gasteiger partial charge on any atom is -0.475 e. The van der Waals surface area contributed by atoms with E-state index < -0.39 is 0 Å². The van der Waals surface area contributed by atoms with E-state index in [0.29, 0.717) is 19.0 Å². The lowest BCUT2D eigenvalue weighted by Gasteiger charge is -2.28. The van der Waals surface area contributed by atoms with Crippen molar-refractivity contribution < 1.29 is 9.53 Å². The smallest absolute Gasteiger partial charge is 0.315 e. The summed E-state index contributed by atoms with van der Waals surface area (Å²) in [6, 6.07) is 14.2. The lowest BCUT2D eigenvalue weighted by Crippen LogP contribution is -2.41. The topological polar surface area (TPSA) is 66.5 Å². The van der Waals surface area contributed by atoms with E-state index in [9.17, 15) is 4.79 Å². The molecular weight excluding hydrogens is 352 g/mol. The van der Waals surface area contributed by atoms with Crippen LogP contribution in [0.2, 0.25) is 0 Å². The Kier molecular flexibility index (Phi) is 7.25. The summed E-state index contributed by atoms with van der Waals surface area (Å²) < 4.78 is 5.53. The maximum atomic E-state index is 12.3. The van der Waals surface area contributed by atoms with Crippen molar-refractivity contribution >= 4 is 6.03 Å². The zero-order valence-electron chi connectivity index (χ0n) is 16.7. The molecule has 2 amide bonds. The average molecular weight is 383 g/mol. The fourth-order valence-electron chi connectivity index (χ4n) is 3.45. The second-order valence-electron chi connectivity index (χ2n) is 7.40. The third kappa shape index (κ3) is 5.96. The van der Waals surface area contributed by atoms with E-state index in [4.69, 9.17) is 4.74 Å². The molecule has 28 heavy (non-hydrogen) atoms. The number of hydrogen-bond donors (Lipinski definition) is 2. The first kappa shape index (κ1) is 20.1. The Morgan fingerprint density at radius 1 is 1.11 bits per heavy atom. The minimum absolute atomic E-state index is 0.0930. The highest BCUT2D eigenvalue weighted by atomic mass is 16.5. The van der Waals surface area contributed by atoms with Gasteiger partial charge in [0.05, 0.1) is 12.1 Å². The second kappa shape index (κ2) is 10.1. The van der Waals surface area contributed by atoms with Gasteiger partial charge in [0, 0.05) is 25.4 Å². The lowest BCUT2D eigenvalue weighted by atomic mass is 10.1. The number of nitrogens with one attached hydrogen (secondary N) is 2. The molecule has 6 nitrogen and oxygen atoms in total. The molecule has 1 aromatic carbocycles. The fourth-order valence-corrected chi connectivity index (χ4v) is 3.45. The van der Waals surface area contributed by atoms with Crippen molar-refractivity contribution in [3.8, 4) is 5.88 Å². The van der Waals surface area contributed by atoms with E-state index in [2.05, 4.69) is 44.8 Å². The van der Waals surface area contributed by atoms with Crippen LogP contribution in [0.5, 0.6) is 5.88 Å². The molecular formula is C22H30N4O2. The van der Waals surface area contributed by atoms with Crippen molar-refractivity contribution in [1.29, 1.82) is 0 Å². The summed E-state index contributed by atoms with van der Waals surface area (Å²) in [6.07, 6.45) is 4.27. The van der Waals surface area contributed by atoms with Crippen molar-refractivity contribution in [2.24, 2.45) is 0 Å². The van der Waals surface area contributed by atoms with Gasteiger partial charge in [0.25, 0.3) is 0 Å². The van der Waals surface area contributed by atoms with Crippen LogP contribution in [0, 0.1) is 0 Å². The Balaban J connectivity index is 1.49. The predicted octanol–water partition coefficient (Wildman–Crippen LogP) is 3.51. The molecule has 1 unspecified atom stereocenters. The summed E-state index contributed by atoms with van der Waals surface area (Å²) in [5, 5.41) is 5.94. The molecule has 1 aromatic heterocycles. The first-order valence-electron chi connectivity index (χ1n) is 10.0. The Labute approximate surface area is 167 Å². The van der Waals surface area contributed by atoms with Crippen LogP contribution in [-0.4, -0.2) is 41.7 Å². The summed E-state index contributed by atoms with van der Waals surface area (Å²) in [5.74, 6) is 0.597. The monoisotopic (exact) mass is 382 g/mol. The van der Waals surface area contributed by atoms with E-state index in [-0.39, 0.29) is 18.2 Å². The molecule has 0 bridgehead atoms. The lowest BCUT2D eigenvalue weighted by molar-refractivity contribution is 0.220. The Morgan fingerprint density at radius 2 is 1.86 bits per heavy atom. The summed E-state index contributed by atoms with van der Waals surface area (Å²) in [6.45, 7) is 7.12. The largest absolute Gasteiger partial charge is 0.475 e. The third-order valence-corrected chi connectivity index (χ3v) is 4.83. The Bertz CT molecular complexity index is 728. The number of benzene rings is 1. The first-order valence-corrected chi connectivity index (χ1v) is 10.0. The normalized spacial score (nSPS) is 15.4. The molecule has 2 N–H and O–H groups in total. The number of ether oxygens (including phenoxy) is 1. The van der Waals surface area contributed by atoms with Gasteiger partial charge in [-0.25, -0.2) is 9.78 Å². The number of pyridine rings is 1. The maximum Gasteiger partial charge on any atom is 0.315 e. The molecule has 1 fully saturated rings. The van der Waals surface area contributed by atoms with Crippen molar-refractivity contribution in [3.63, 3.8) is 0 Å². The maximum absolute atomic E-state index is 12.3. The SMILES string of the molecule is CC(C)Oc1ccc(CNC(=O)NCC(c2ccccc2)N2CCCC2)cn1. The summed E-state index contributed by atoms with van der Waals surface area (Å²) in [7, 11) is 0. The number of rotatable bonds is 8. The van der Waals surface area contributed by atoms with Gasteiger partial charge in [0.2, 0.25) is 5.88 Å². The van der Waals surface area contributed by atoms with Gasteiger partial charge in [-0.1, -0.05) is 36.4 Å². The molecule has 1 aliphatic rings. The van der Waals surface area contributed by atoms with E-state index in [1.54, 1.807) is 6.20 Å². The van der Waals surface area contributed by atoms with Gasteiger partial charge >= 0.3 is 6.03 Å². The zero-order chi connectivity index (χ0) is 19.8. The fraction of sp³-hybridized carbons (Fsp3) is 0.455. The highest BCUT2D eigenvalue weighted by Crippen LogP contribution is 2.24. The number of carbonyl (C=O) groups is 1. The standard InChI is InChI=1S/C22H30N4O2/c1-17(2)28-21-11-10-18(14-23-21)15-24-22(27)25-16-20(26-12-6-7-13-26)19-8-4-3-5-9-19/h3-5,8-11,14,17,20H,6-7,12-13,15-16H2,1-2H3,(H2,24,25,27). The average Bonchev–Trinajstić information content (AvgIpc) is 3.22. The number of likely N-dealkylation sites (tertiary alicyclic amines) is 1. The molecule has 150 valence electrons. The van der Waals surface area contributed by atoms with E-state index in [0.717, 1.165) is 18.7 Å². The molecule has 0 aliphatic carbocycles. The van der Waals surface area contributed by atoms with Crippen LogP contribution in [0.3, 0.4) is 0 Å². The van der Waals surface area contributed by atoms with Crippen LogP contribution in [0.4, 0.5) is 4.79 Å². The highest BCUT2D eigenvalue weighted by Gasteiger charge is 2.23. The van der Waals surface area contributed by atoms with E-state index >= 15 is 0 Å². The van der Waals surface area contributed by atoms with Crippen molar-refractivity contribution in [1.82, 2.24) is 20.5 Å². The molecule has 1 saturated heterocycles. The molecule has 1 atom stereocenters. The number of carbonyl (C=O) groups excluding carboxylic acids is 1. The van der Waals surface area contributed by atoms with Gasteiger partial charge in [0.1, 0.15) is 0 Å². The Morgan fingerprint density at radius 3 is 2.50 bits per heavy atom. The molecule has 0 spiro atoms. The highest BCUT2D eigenvalue weighted by molar-refractivity contribution is 5.73. The van der Waals surface area contributed by atoms with Crippen molar-refractivity contribution in [2.45, 2.75) is 45.4 Å². The van der Waals surface area contributed by atoms with Crippen LogP contribution in [0.25, 0.3) is 0 Å². The number of hydrogen-bond acceptors (Lipinski definition) is 4. The van der Waals surface area contributed by atoms with Gasteiger partial charge in [-0.05, 0) is 50.9 Å². The molecule has 3 rings (SSSR count). The van der Waals surface area contributed by atoms with Gasteiger partial charge in [0.15, 0.2) is 0 Å². The molecule has 0 saturated carbocycles. The summed E-state index contributed by atoms with van der Waals surface area (Å²) in [4.78, 5) is 19.0. The number of aromatic nitrogens is 1. The van der Waals surface area contributed by atoms with Gasteiger partial charge in [-0.3, -0.25) is 4.90 Å². The first-order chi connectivity index (χ1) is 13.6. The predicted molar refractivity (Wildman–Crippen MR) is 110 cm³/mol. The number of amides is 2. The molecule has 2 aromatic rings. The van der Waals surface area contributed by atoms with Crippen LogP contribution < -0.4 is 15.4 Å². The van der Waals surface area contributed by atoms with E-state index in [1.807, 2.05) is 32.0 Å². The van der Waals surface area contributed by atoms with Crippen molar-refractivity contribution in [3.05, 3.63) is 59.8 Å². The summed E-state index contributed by atoms with van der Waals surface area (Å²) in [5.41, 5.74) is 2.18. The van der Waals surface area contributed by atoms with Gasteiger partial charge in [-0.15, -0.1) is 0 Å². The molecule has 0 radical (unpaired) electrons. The quantitative estimate of drug-likeness (QED) is 0.733. The van der Waals surface area contributed by atoms with Crippen molar-refractivity contribution in [2.75, 3.05) is 19.6 Å². The molecule has 1 aliphatic heterocycles. The second-order valence-corrected chi connectivity index (χ2v) is 7.40. The number of urea groups is 1. The zero-order valence-corrected chi connectivity index (χ0v) is 16.7. The number of nitrogens with zero attached hydrogens (tertiary/aromatic N) is 2. The van der Waals surface area contributed by atoms with Crippen LogP contribution in [0.1, 0.15) is 43.9 Å². The third-order valence-electron chi connectivity index (χ3n) is 4.83. The van der Waals surface area contributed by atoms with Gasteiger partial charge < -0.3 is 15.4 Å². The van der Waals surface area contributed by atoms with Crippen LogP contribution in [-0.2, 0) is 6.54 Å². The van der Waals surface area contributed by atoms with Crippen LogP contribution >= 0.6 is 0 Å². The van der Waals surface area contributed by atoms with Gasteiger partial charge in [-0.2, -0.15) is 0 Å². The van der Waals surface area contributed by atoms with E-state index in [1.165, 1.54) is 18.4 Å². The van der Waals surface area contributed by atoms with Crippen LogP contribution in [0.15, 0.2) is 48.7 Å². The molecule has 6 heteroatoms. The molecule has 2 heterocycles. The Hall–Kier alpha value is -2.60. The summed E-state index contributed by atoms with van der Waals surface area (Å²) >= 11 is 0. The minimum atomic E-state index is -0.164.